The summed E-state index contributed by atoms with van der Waals surface area (Å²) in [6.07, 6.45) is -5.38. The average Bonchev–Trinajstić information content (AvgIpc) is 3.05. The van der Waals surface area contributed by atoms with Crippen LogP contribution in [0.3, 0.4) is 0 Å². The number of rotatable bonds is 9. The number of aliphatic hydroxyl groups is 4. The van der Waals surface area contributed by atoms with Crippen molar-refractivity contribution < 1.29 is 49.3 Å². The summed E-state index contributed by atoms with van der Waals surface area (Å²) >= 11 is 0. The van der Waals surface area contributed by atoms with E-state index in [0.717, 1.165) is 0 Å². The Labute approximate surface area is 269 Å². The van der Waals surface area contributed by atoms with E-state index in [-0.39, 0.29) is 64.9 Å². The number of ketones is 2. The predicted molar refractivity (Wildman–Crippen MR) is 167 cm³/mol. The summed E-state index contributed by atoms with van der Waals surface area (Å²) in [6.45, 7) is 0.910. The van der Waals surface area contributed by atoms with E-state index < -0.39 is 54.1 Å². The minimum atomic E-state index is -2.12. The first-order valence-electron chi connectivity index (χ1n) is 14.7. The molecule has 5 atom stereocenters. The first-order valence-corrected chi connectivity index (χ1v) is 14.7. The maximum absolute atomic E-state index is 14.1. The Morgan fingerprint density at radius 1 is 1.15 bits per heavy atom. The fraction of sp³-hybridized carbons (Fsp3) is 0.375. The molecule has 15 nitrogen and oxygen atoms in total. The number of aromatic nitrogens is 1. The van der Waals surface area contributed by atoms with Gasteiger partial charge in [0.05, 0.1) is 24.8 Å². The van der Waals surface area contributed by atoms with Gasteiger partial charge < -0.3 is 56.5 Å². The van der Waals surface area contributed by atoms with Gasteiger partial charge in [-0.25, -0.2) is 4.98 Å². The standard InChI is InChI=1S/C32H37N5O10/c1-14-8-17-24(26(40)19(14)12-37-31(34)35-2)27(41)23-18(25(17)39)10-16(45-3)11-20(23)46-30-28(42)29(43)32(44,21(13-38)47-30)6-4-15-5-7-36-22(33)9-15/h5,7-11,21,28-30,38,40,42-44H,4,6,12-13H2,1-3H3,(H2,33,36)(H3,34,35,37)/t21-,28-,29-,30-,32-/m1/s1. The number of aliphatic hydroxyl groups excluding tert-OH is 3. The molecule has 0 saturated carbocycles. The number of nitrogens with two attached hydrogens (primary N) is 2. The molecule has 250 valence electrons. The minimum absolute atomic E-state index is 0.00835. The molecule has 2 aromatic carbocycles. The Bertz CT molecular complexity index is 1740. The number of hydrogen-bond acceptors (Lipinski definition) is 13. The van der Waals surface area contributed by atoms with E-state index in [0.29, 0.717) is 16.7 Å². The summed E-state index contributed by atoms with van der Waals surface area (Å²) in [7, 11) is 2.81. The molecule has 0 spiro atoms. The molecule has 1 saturated heterocycles. The summed E-state index contributed by atoms with van der Waals surface area (Å²) in [6, 6.07) is 7.38. The second-order valence-electron chi connectivity index (χ2n) is 11.4. The largest absolute Gasteiger partial charge is 0.507 e. The molecular weight excluding hydrogens is 614 g/mol. The lowest BCUT2D eigenvalue weighted by Crippen LogP contribution is -2.68. The quantitative estimate of drug-likeness (QED) is 0.0853. The van der Waals surface area contributed by atoms with Crippen LogP contribution in [0.15, 0.2) is 41.5 Å². The van der Waals surface area contributed by atoms with Crippen LogP contribution in [-0.4, -0.2) is 99.0 Å². The van der Waals surface area contributed by atoms with Gasteiger partial charge in [-0.2, -0.15) is 0 Å². The molecule has 1 aliphatic heterocycles. The summed E-state index contributed by atoms with van der Waals surface area (Å²) in [5.74, 6) is -1.59. The fourth-order valence-electron chi connectivity index (χ4n) is 5.94. The van der Waals surface area contributed by atoms with Crippen LogP contribution in [0.1, 0.15) is 55.0 Å². The number of aliphatic imine (C=N–C) groups is 1. The smallest absolute Gasteiger partial charge is 0.229 e. The molecule has 3 aromatic rings. The molecule has 0 amide bonds. The SMILES string of the molecule is CN=C(N)NCc1c(C)cc2c(c1O)C(=O)c1c(O[C@@H]3O[C@H](CO)[C@](O)(CCc4ccnc(N)c4)[C@H](O)[C@H]3O)cc(OC)cc1C2=O. The van der Waals surface area contributed by atoms with E-state index >= 15 is 0 Å². The van der Waals surface area contributed by atoms with Crippen molar-refractivity contribution in [2.45, 2.75) is 56.5 Å². The molecule has 1 aromatic heterocycles. The second kappa shape index (κ2) is 13.1. The number of anilines is 1. The molecule has 2 heterocycles. The highest BCUT2D eigenvalue weighted by Gasteiger charge is 2.55. The lowest BCUT2D eigenvalue weighted by atomic mass is 9.79. The Hall–Kier alpha value is -4.80. The highest BCUT2D eigenvalue weighted by molar-refractivity contribution is 6.30. The van der Waals surface area contributed by atoms with Gasteiger partial charge in [-0.05, 0) is 55.2 Å². The fourth-order valence-corrected chi connectivity index (χ4v) is 5.94. The Morgan fingerprint density at radius 2 is 1.87 bits per heavy atom. The zero-order chi connectivity index (χ0) is 34.2. The third kappa shape index (κ3) is 6.06. The van der Waals surface area contributed by atoms with Crippen molar-refractivity contribution in [1.29, 1.82) is 0 Å². The first kappa shape index (κ1) is 33.6. The molecule has 15 heteroatoms. The Morgan fingerprint density at radius 3 is 2.53 bits per heavy atom. The Balaban J connectivity index is 1.49. The molecule has 1 aliphatic carbocycles. The number of carbonyl (C=O) groups is 2. The van der Waals surface area contributed by atoms with Crippen LogP contribution in [0.2, 0.25) is 0 Å². The molecule has 0 unspecified atom stereocenters. The van der Waals surface area contributed by atoms with Crippen molar-refractivity contribution in [2.75, 3.05) is 26.5 Å². The van der Waals surface area contributed by atoms with Gasteiger partial charge in [-0.3, -0.25) is 14.6 Å². The number of phenolic OH excluding ortho intramolecular Hbond substituents is 1. The van der Waals surface area contributed by atoms with E-state index in [9.17, 15) is 35.1 Å². The van der Waals surface area contributed by atoms with Gasteiger partial charge in [0.2, 0.25) is 12.1 Å². The molecule has 1 fully saturated rings. The van der Waals surface area contributed by atoms with Gasteiger partial charge in [-0.1, -0.05) is 0 Å². The number of aryl methyl sites for hydroxylation is 2. The highest BCUT2D eigenvalue weighted by Crippen LogP contribution is 2.43. The third-order valence-electron chi connectivity index (χ3n) is 8.61. The van der Waals surface area contributed by atoms with Crippen molar-refractivity contribution in [3.8, 4) is 17.2 Å². The number of aromatic hydroxyl groups is 1. The summed E-state index contributed by atoms with van der Waals surface area (Å²) in [5, 5.41) is 57.9. The molecule has 0 radical (unpaired) electrons. The highest BCUT2D eigenvalue weighted by atomic mass is 16.7. The van der Waals surface area contributed by atoms with E-state index in [1.165, 1.54) is 38.6 Å². The zero-order valence-electron chi connectivity index (χ0n) is 25.9. The van der Waals surface area contributed by atoms with E-state index in [2.05, 4.69) is 15.3 Å². The summed E-state index contributed by atoms with van der Waals surface area (Å²) in [5.41, 5.74) is 10.2. The predicted octanol–water partition coefficient (Wildman–Crippen LogP) is -0.322. The van der Waals surface area contributed by atoms with E-state index in [1.807, 2.05) is 0 Å². The number of fused-ring (bicyclic) bond motifs is 2. The number of nitrogen functional groups attached to an aromatic ring is 1. The zero-order valence-corrected chi connectivity index (χ0v) is 25.9. The van der Waals surface area contributed by atoms with Crippen LogP contribution < -0.4 is 26.3 Å². The average molecular weight is 652 g/mol. The third-order valence-corrected chi connectivity index (χ3v) is 8.61. The van der Waals surface area contributed by atoms with Crippen LogP contribution in [0.25, 0.3) is 0 Å². The molecule has 47 heavy (non-hydrogen) atoms. The van der Waals surface area contributed by atoms with Gasteiger partial charge in [0.25, 0.3) is 0 Å². The number of nitrogens with one attached hydrogen (secondary N) is 1. The van der Waals surface area contributed by atoms with Crippen LogP contribution in [0, 0.1) is 6.92 Å². The number of carbonyl (C=O) groups excluding carboxylic acids is 2. The summed E-state index contributed by atoms with van der Waals surface area (Å²) < 4.78 is 17.1. The van der Waals surface area contributed by atoms with Crippen LogP contribution in [0.5, 0.6) is 17.2 Å². The van der Waals surface area contributed by atoms with Crippen molar-refractivity contribution in [3.63, 3.8) is 0 Å². The van der Waals surface area contributed by atoms with Gasteiger partial charge in [0, 0.05) is 42.5 Å². The van der Waals surface area contributed by atoms with Crippen molar-refractivity contribution in [2.24, 2.45) is 10.7 Å². The molecule has 0 bridgehead atoms. The topological polar surface area (TPSA) is 252 Å². The van der Waals surface area contributed by atoms with Crippen molar-refractivity contribution in [3.05, 3.63) is 75.5 Å². The van der Waals surface area contributed by atoms with Gasteiger partial charge in [0.15, 0.2) is 11.7 Å². The molecule has 10 N–H and O–H groups in total. The minimum Gasteiger partial charge on any atom is -0.507 e. The lowest BCUT2D eigenvalue weighted by Gasteiger charge is -2.47. The summed E-state index contributed by atoms with van der Waals surface area (Å²) in [4.78, 5) is 35.6. The normalized spacial score (nSPS) is 24.0. The molecule has 2 aliphatic rings. The van der Waals surface area contributed by atoms with Gasteiger partial charge in [0.1, 0.15) is 47.0 Å². The number of benzene rings is 2. The maximum atomic E-state index is 14.1. The Kier molecular flexibility index (Phi) is 9.38. The van der Waals surface area contributed by atoms with Gasteiger partial charge >= 0.3 is 0 Å². The maximum Gasteiger partial charge on any atom is 0.229 e. The molecule has 5 rings (SSSR count). The lowest BCUT2D eigenvalue weighted by molar-refractivity contribution is -0.314. The van der Waals surface area contributed by atoms with Crippen LogP contribution in [0.4, 0.5) is 5.82 Å². The number of pyridine rings is 1. The molecular formula is C32H37N5O10. The number of hydrogen-bond donors (Lipinski definition) is 8. The number of guanidine groups is 1. The van der Waals surface area contributed by atoms with Crippen LogP contribution >= 0.6 is 0 Å². The number of ether oxygens (including phenoxy) is 3. The van der Waals surface area contributed by atoms with Crippen molar-refractivity contribution >= 4 is 23.3 Å². The second-order valence-corrected chi connectivity index (χ2v) is 11.4. The van der Waals surface area contributed by atoms with Crippen LogP contribution in [-0.2, 0) is 17.7 Å². The van der Waals surface area contributed by atoms with E-state index in [1.54, 1.807) is 19.1 Å². The van der Waals surface area contributed by atoms with E-state index in [4.69, 9.17) is 25.7 Å². The monoisotopic (exact) mass is 651 g/mol. The van der Waals surface area contributed by atoms with Crippen molar-refractivity contribution in [1.82, 2.24) is 10.3 Å². The number of methoxy groups -OCH3 is 1. The number of nitrogens with zero attached hydrogens (tertiary/aromatic N) is 2. The van der Waals surface area contributed by atoms with Gasteiger partial charge in [-0.15, -0.1) is 0 Å². The number of phenols is 1. The first-order chi connectivity index (χ1) is 22.3.